The highest BCUT2D eigenvalue weighted by atomic mass is 79.9. The molecule has 1 fully saturated rings. The number of carbonyl (C=O) groups excluding carboxylic acids is 1. The van der Waals surface area contributed by atoms with Crippen LogP contribution in [0.1, 0.15) is 29.3 Å². The van der Waals surface area contributed by atoms with E-state index in [9.17, 15) is 18.0 Å². The van der Waals surface area contributed by atoms with Gasteiger partial charge in [0.25, 0.3) is 5.91 Å². The molecule has 0 aliphatic heterocycles. The van der Waals surface area contributed by atoms with E-state index in [-0.39, 0.29) is 15.9 Å². The molecule has 1 saturated carbocycles. The van der Waals surface area contributed by atoms with Crippen LogP contribution in [-0.2, 0) is 6.18 Å². The topological polar surface area (TPSA) is 20.3 Å². The first kappa shape index (κ1) is 15.4. The molecule has 0 heterocycles. The maximum absolute atomic E-state index is 12.8. The maximum atomic E-state index is 12.8. The van der Waals surface area contributed by atoms with Gasteiger partial charge in [-0.1, -0.05) is 22.9 Å². The Kier molecular flexibility index (Phi) is 4.14. The molecule has 2 unspecified atom stereocenters. The molecule has 1 aromatic carbocycles. The molecular weight excluding hydrogens is 335 g/mol. The lowest BCUT2D eigenvalue weighted by Crippen LogP contribution is -2.29. The molecule has 6 heteroatoms. The minimum atomic E-state index is -4.47. The maximum Gasteiger partial charge on any atom is 0.417 e. The van der Waals surface area contributed by atoms with Gasteiger partial charge in [0.1, 0.15) is 0 Å². The van der Waals surface area contributed by atoms with E-state index in [4.69, 9.17) is 0 Å². The summed E-state index contributed by atoms with van der Waals surface area (Å²) in [4.78, 5) is 13.6. The summed E-state index contributed by atoms with van der Waals surface area (Å²) in [5, 5.41) is 0. The quantitative estimate of drug-likeness (QED) is 0.800. The molecule has 0 bridgehead atoms. The Morgan fingerprint density at radius 3 is 2.55 bits per heavy atom. The fraction of sp³-hybridized carbons (Fsp3) is 0.500. The fourth-order valence-electron chi connectivity index (χ4n) is 2.18. The van der Waals surface area contributed by atoms with Gasteiger partial charge in [-0.3, -0.25) is 4.79 Å². The van der Waals surface area contributed by atoms with Crippen molar-refractivity contribution in [2.45, 2.75) is 19.5 Å². The van der Waals surface area contributed by atoms with Crippen LogP contribution in [0.25, 0.3) is 0 Å². The van der Waals surface area contributed by atoms with Crippen molar-refractivity contribution < 1.29 is 18.0 Å². The van der Waals surface area contributed by atoms with Crippen molar-refractivity contribution in [3.05, 3.63) is 33.8 Å². The zero-order valence-electron chi connectivity index (χ0n) is 11.2. The van der Waals surface area contributed by atoms with Gasteiger partial charge in [0.2, 0.25) is 0 Å². The monoisotopic (exact) mass is 349 g/mol. The summed E-state index contributed by atoms with van der Waals surface area (Å²) in [6.07, 6.45) is -3.40. The molecule has 1 aliphatic rings. The van der Waals surface area contributed by atoms with E-state index in [0.717, 1.165) is 12.5 Å². The third-order valence-electron chi connectivity index (χ3n) is 3.65. The number of benzene rings is 1. The van der Waals surface area contributed by atoms with Crippen molar-refractivity contribution in [2.24, 2.45) is 11.8 Å². The summed E-state index contributed by atoms with van der Waals surface area (Å²) >= 11 is 2.87. The Morgan fingerprint density at radius 1 is 1.45 bits per heavy atom. The first-order valence-electron chi connectivity index (χ1n) is 6.32. The van der Waals surface area contributed by atoms with Crippen molar-refractivity contribution in [3.8, 4) is 0 Å². The number of alkyl halides is 3. The Labute approximate surface area is 124 Å². The smallest absolute Gasteiger partial charge is 0.341 e. The third kappa shape index (κ3) is 3.34. The Bertz CT molecular complexity index is 530. The summed E-state index contributed by atoms with van der Waals surface area (Å²) in [6.45, 7) is 2.70. The Hall–Kier alpha value is -1.04. The number of rotatable bonds is 3. The molecule has 1 amide bonds. The van der Waals surface area contributed by atoms with Gasteiger partial charge in [0.05, 0.1) is 5.56 Å². The average Bonchev–Trinajstić information content (AvgIpc) is 3.03. The number of hydrogen-bond donors (Lipinski definition) is 0. The normalized spacial score (nSPS) is 21.7. The van der Waals surface area contributed by atoms with E-state index in [1.54, 1.807) is 7.05 Å². The van der Waals surface area contributed by atoms with Crippen molar-refractivity contribution in [1.29, 1.82) is 0 Å². The molecule has 2 rings (SSSR count). The van der Waals surface area contributed by atoms with E-state index >= 15 is 0 Å². The highest BCUT2D eigenvalue weighted by molar-refractivity contribution is 9.10. The molecule has 110 valence electrons. The largest absolute Gasteiger partial charge is 0.417 e. The van der Waals surface area contributed by atoms with Crippen LogP contribution in [0.15, 0.2) is 22.7 Å². The number of nitrogens with zero attached hydrogens (tertiary/aromatic N) is 1. The van der Waals surface area contributed by atoms with E-state index in [2.05, 4.69) is 22.9 Å². The zero-order chi connectivity index (χ0) is 15.1. The molecule has 2 atom stereocenters. The van der Waals surface area contributed by atoms with Crippen LogP contribution in [0.5, 0.6) is 0 Å². The molecule has 0 saturated heterocycles. The molecule has 1 aliphatic carbocycles. The third-order valence-corrected chi connectivity index (χ3v) is 4.34. The molecule has 0 radical (unpaired) electrons. The summed E-state index contributed by atoms with van der Waals surface area (Å²) in [7, 11) is 1.63. The lowest BCUT2D eigenvalue weighted by molar-refractivity contribution is -0.138. The standard InChI is InChI=1S/C14H15BrF3NO/c1-8-5-10(8)7-19(2)13(20)9-3-4-12(15)11(6-9)14(16,17)18/h3-4,6,8,10H,5,7H2,1-2H3. The summed E-state index contributed by atoms with van der Waals surface area (Å²) < 4.78 is 38.4. The van der Waals surface area contributed by atoms with Gasteiger partial charge in [-0.05, 0) is 36.5 Å². The van der Waals surface area contributed by atoms with Crippen molar-refractivity contribution in [1.82, 2.24) is 4.90 Å². The Balaban J connectivity index is 2.17. The van der Waals surface area contributed by atoms with Crippen molar-refractivity contribution >= 4 is 21.8 Å². The van der Waals surface area contributed by atoms with Gasteiger partial charge in [0, 0.05) is 23.6 Å². The molecular formula is C14H15BrF3NO. The van der Waals surface area contributed by atoms with Gasteiger partial charge in [0.15, 0.2) is 0 Å². The fourth-order valence-corrected chi connectivity index (χ4v) is 2.66. The first-order valence-corrected chi connectivity index (χ1v) is 7.11. The van der Waals surface area contributed by atoms with E-state index in [1.165, 1.54) is 17.0 Å². The van der Waals surface area contributed by atoms with Crippen LogP contribution in [0.3, 0.4) is 0 Å². The molecule has 0 aromatic heterocycles. The average molecular weight is 350 g/mol. The Morgan fingerprint density at radius 2 is 2.05 bits per heavy atom. The van der Waals surface area contributed by atoms with Gasteiger partial charge >= 0.3 is 6.18 Å². The molecule has 1 aromatic rings. The second-order valence-corrected chi connectivity index (χ2v) is 6.21. The highest BCUT2D eigenvalue weighted by Gasteiger charge is 2.36. The lowest BCUT2D eigenvalue weighted by Gasteiger charge is -2.18. The van der Waals surface area contributed by atoms with Crippen LogP contribution >= 0.6 is 15.9 Å². The predicted molar refractivity (Wildman–Crippen MR) is 73.4 cm³/mol. The van der Waals surface area contributed by atoms with Crippen LogP contribution in [0.2, 0.25) is 0 Å². The summed E-state index contributed by atoms with van der Waals surface area (Å²) in [5.74, 6) is 0.699. The van der Waals surface area contributed by atoms with Gasteiger partial charge in [-0.15, -0.1) is 0 Å². The second kappa shape index (κ2) is 5.39. The van der Waals surface area contributed by atoms with Crippen molar-refractivity contribution in [2.75, 3.05) is 13.6 Å². The summed E-state index contributed by atoms with van der Waals surface area (Å²) in [6, 6.07) is 3.58. The molecule has 2 nitrogen and oxygen atoms in total. The molecule has 0 N–H and O–H groups in total. The van der Waals surface area contributed by atoms with E-state index < -0.39 is 11.7 Å². The highest BCUT2D eigenvalue weighted by Crippen LogP contribution is 2.38. The number of carbonyl (C=O) groups is 1. The minimum Gasteiger partial charge on any atom is -0.341 e. The summed E-state index contributed by atoms with van der Waals surface area (Å²) in [5.41, 5.74) is -0.757. The lowest BCUT2D eigenvalue weighted by atomic mass is 10.1. The predicted octanol–water partition coefficient (Wildman–Crippen LogP) is 4.20. The van der Waals surface area contributed by atoms with Gasteiger partial charge < -0.3 is 4.90 Å². The number of halogens is 4. The van der Waals surface area contributed by atoms with E-state index in [1.807, 2.05) is 0 Å². The van der Waals surface area contributed by atoms with Gasteiger partial charge in [-0.2, -0.15) is 13.2 Å². The number of amides is 1. The number of hydrogen-bond acceptors (Lipinski definition) is 1. The van der Waals surface area contributed by atoms with Gasteiger partial charge in [-0.25, -0.2) is 0 Å². The SMILES string of the molecule is CC1CC1CN(C)C(=O)c1ccc(Br)c(C(F)(F)F)c1. The van der Waals surface area contributed by atoms with E-state index in [0.29, 0.717) is 18.4 Å². The second-order valence-electron chi connectivity index (χ2n) is 5.35. The van der Waals surface area contributed by atoms with Crippen LogP contribution in [0, 0.1) is 11.8 Å². The minimum absolute atomic E-state index is 0.0555. The van der Waals surface area contributed by atoms with Crippen LogP contribution in [0.4, 0.5) is 13.2 Å². The zero-order valence-corrected chi connectivity index (χ0v) is 12.8. The van der Waals surface area contributed by atoms with Crippen LogP contribution in [-0.4, -0.2) is 24.4 Å². The van der Waals surface area contributed by atoms with Crippen LogP contribution < -0.4 is 0 Å². The molecule has 0 spiro atoms. The van der Waals surface area contributed by atoms with Crippen molar-refractivity contribution in [3.63, 3.8) is 0 Å². The first-order chi connectivity index (χ1) is 9.20. The molecule has 20 heavy (non-hydrogen) atoms.